The molecule has 0 saturated heterocycles. The molecule has 0 amide bonds. The van der Waals surface area contributed by atoms with Crippen LogP contribution in [0, 0.1) is 0 Å². The molecule has 1 aromatic heterocycles. The first-order valence-electron chi connectivity index (χ1n) is 12.7. The van der Waals surface area contributed by atoms with Gasteiger partial charge in [0.1, 0.15) is 11.2 Å². The minimum absolute atomic E-state index is 0.574. The van der Waals surface area contributed by atoms with Gasteiger partial charge in [0.25, 0.3) is 0 Å². The number of anilines is 2. The topological polar surface area (TPSA) is 25.2 Å². The Bertz CT molecular complexity index is 1930. The summed E-state index contributed by atoms with van der Waals surface area (Å²) in [6, 6.07) is 47.8. The number of para-hydroxylation sites is 4. The SMILES string of the molecule is c1ccc2c(c1)Nc1ccccc1C2(c1ccc2ccccc2c1)c1cccc2c1oc1ccccc12. The predicted octanol–water partition coefficient (Wildman–Crippen LogP) is 9.18. The van der Waals surface area contributed by atoms with E-state index in [1.54, 1.807) is 0 Å². The summed E-state index contributed by atoms with van der Waals surface area (Å²) in [5.74, 6) is 0. The Hall–Kier alpha value is -4.82. The van der Waals surface area contributed by atoms with Gasteiger partial charge in [-0.15, -0.1) is 0 Å². The number of rotatable bonds is 2. The van der Waals surface area contributed by atoms with Crippen molar-refractivity contribution < 1.29 is 4.42 Å². The number of benzene rings is 6. The normalized spacial score (nSPS) is 13.8. The largest absolute Gasteiger partial charge is 0.456 e. The van der Waals surface area contributed by atoms with Crippen LogP contribution in [0.1, 0.15) is 22.3 Å². The van der Waals surface area contributed by atoms with E-state index in [4.69, 9.17) is 4.42 Å². The van der Waals surface area contributed by atoms with Crippen LogP contribution in [0.4, 0.5) is 11.4 Å². The summed E-state index contributed by atoms with van der Waals surface area (Å²) in [6.07, 6.45) is 0. The Morgan fingerprint density at radius 1 is 0.486 bits per heavy atom. The molecule has 1 N–H and O–H groups in total. The molecule has 1 aliphatic rings. The summed E-state index contributed by atoms with van der Waals surface area (Å²) >= 11 is 0. The van der Waals surface area contributed by atoms with E-state index in [0.717, 1.165) is 38.9 Å². The highest BCUT2D eigenvalue weighted by molar-refractivity contribution is 6.07. The van der Waals surface area contributed by atoms with Gasteiger partial charge in [-0.2, -0.15) is 0 Å². The Balaban J connectivity index is 1.60. The molecule has 37 heavy (non-hydrogen) atoms. The van der Waals surface area contributed by atoms with Crippen molar-refractivity contribution in [3.8, 4) is 0 Å². The van der Waals surface area contributed by atoms with Crippen LogP contribution in [0.5, 0.6) is 0 Å². The lowest BCUT2D eigenvalue weighted by Crippen LogP contribution is -2.35. The number of hydrogen-bond donors (Lipinski definition) is 1. The van der Waals surface area contributed by atoms with E-state index < -0.39 is 5.41 Å². The standard InChI is InChI=1S/C35H23NO/c1-2-11-24-22-25(21-20-23(24)10-1)35(28-14-4-6-17-31(28)36-32-18-7-5-15-29(32)35)30-16-9-13-27-26-12-3-8-19-33(26)37-34(27)30/h1-22,36H. The fourth-order valence-corrected chi connectivity index (χ4v) is 6.35. The maximum absolute atomic E-state index is 6.68. The molecule has 0 unspecified atom stereocenters. The van der Waals surface area contributed by atoms with Crippen LogP contribution in [0.25, 0.3) is 32.7 Å². The maximum atomic E-state index is 6.68. The molecule has 2 heteroatoms. The average molecular weight is 474 g/mol. The number of furan rings is 1. The van der Waals surface area contributed by atoms with Crippen LogP contribution in [0.2, 0.25) is 0 Å². The Morgan fingerprint density at radius 3 is 1.92 bits per heavy atom. The molecular weight excluding hydrogens is 450 g/mol. The van der Waals surface area contributed by atoms with Gasteiger partial charge in [-0.05, 0) is 51.7 Å². The minimum atomic E-state index is -0.574. The monoisotopic (exact) mass is 473 g/mol. The van der Waals surface area contributed by atoms with Gasteiger partial charge in [-0.25, -0.2) is 0 Å². The number of hydrogen-bond acceptors (Lipinski definition) is 2. The minimum Gasteiger partial charge on any atom is -0.456 e. The van der Waals surface area contributed by atoms with Gasteiger partial charge in [0.2, 0.25) is 0 Å². The van der Waals surface area contributed by atoms with Crippen LogP contribution in [0.15, 0.2) is 138 Å². The van der Waals surface area contributed by atoms with Gasteiger partial charge >= 0.3 is 0 Å². The van der Waals surface area contributed by atoms with Crippen molar-refractivity contribution in [2.45, 2.75) is 5.41 Å². The van der Waals surface area contributed by atoms with Crippen molar-refractivity contribution in [1.29, 1.82) is 0 Å². The highest BCUT2D eigenvalue weighted by Crippen LogP contribution is 2.55. The van der Waals surface area contributed by atoms with Gasteiger partial charge in [0.05, 0.1) is 5.41 Å². The van der Waals surface area contributed by atoms with Crippen LogP contribution >= 0.6 is 0 Å². The molecule has 0 bridgehead atoms. The van der Waals surface area contributed by atoms with Gasteiger partial charge in [0.15, 0.2) is 0 Å². The van der Waals surface area contributed by atoms with Crippen molar-refractivity contribution in [1.82, 2.24) is 0 Å². The molecule has 8 rings (SSSR count). The van der Waals surface area contributed by atoms with E-state index >= 15 is 0 Å². The lowest BCUT2D eigenvalue weighted by atomic mass is 9.62. The van der Waals surface area contributed by atoms with E-state index in [2.05, 4.69) is 133 Å². The van der Waals surface area contributed by atoms with E-state index in [1.807, 2.05) is 6.07 Å². The zero-order chi connectivity index (χ0) is 24.4. The summed E-state index contributed by atoms with van der Waals surface area (Å²) in [7, 11) is 0. The van der Waals surface area contributed by atoms with Gasteiger partial charge in [-0.3, -0.25) is 0 Å². The van der Waals surface area contributed by atoms with Crippen molar-refractivity contribution in [2.24, 2.45) is 0 Å². The molecule has 2 heterocycles. The first-order valence-corrected chi connectivity index (χ1v) is 12.7. The predicted molar refractivity (Wildman–Crippen MR) is 153 cm³/mol. The quantitative estimate of drug-likeness (QED) is 0.271. The summed E-state index contributed by atoms with van der Waals surface area (Å²) in [6.45, 7) is 0. The van der Waals surface area contributed by atoms with E-state index in [-0.39, 0.29) is 0 Å². The zero-order valence-electron chi connectivity index (χ0n) is 20.1. The van der Waals surface area contributed by atoms with Crippen LogP contribution in [-0.2, 0) is 5.41 Å². The van der Waals surface area contributed by atoms with Crippen LogP contribution in [-0.4, -0.2) is 0 Å². The fraction of sp³-hybridized carbons (Fsp3) is 0.0286. The third-order valence-corrected chi connectivity index (χ3v) is 7.92. The first-order chi connectivity index (χ1) is 18.3. The molecule has 0 spiro atoms. The molecule has 1 aliphatic heterocycles. The molecule has 7 aromatic rings. The molecule has 0 aliphatic carbocycles. The second-order valence-electron chi connectivity index (χ2n) is 9.81. The van der Waals surface area contributed by atoms with E-state index in [1.165, 1.54) is 27.5 Å². The van der Waals surface area contributed by atoms with Gasteiger partial charge in [0, 0.05) is 27.7 Å². The third-order valence-electron chi connectivity index (χ3n) is 7.92. The summed E-state index contributed by atoms with van der Waals surface area (Å²) in [4.78, 5) is 0. The number of fused-ring (bicyclic) bond motifs is 6. The molecule has 174 valence electrons. The van der Waals surface area contributed by atoms with Crippen molar-refractivity contribution in [2.75, 3.05) is 5.32 Å². The molecule has 0 radical (unpaired) electrons. The molecule has 2 nitrogen and oxygen atoms in total. The average Bonchev–Trinajstić information content (AvgIpc) is 3.35. The maximum Gasteiger partial charge on any atom is 0.140 e. The van der Waals surface area contributed by atoms with Crippen molar-refractivity contribution >= 4 is 44.1 Å². The molecular formula is C35H23NO. The smallest absolute Gasteiger partial charge is 0.140 e. The summed E-state index contributed by atoms with van der Waals surface area (Å²) in [5.41, 5.74) is 8.31. The Morgan fingerprint density at radius 2 is 1.11 bits per heavy atom. The van der Waals surface area contributed by atoms with Crippen molar-refractivity contribution in [3.63, 3.8) is 0 Å². The molecule has 6 aromatic carbocycles. The summed E-state index contributed by atoms with van der Waals surface area (Å²) in [5, 5.41) is 8.46. The first kappa shape index (κ1) is 20.4. The van der Waals surface area contributed by atoms with Gasteiger partial charge < -0.3 is 9.73 Å². The second-order valence-corrected chi connectivity index (χ2v) is 9.81. The highest BCUT2D eigenvalue weighted by Gasteiger charge is 2.45. The highest BCUT2D eigenvalue weighted by atomic mass is 16.3. The lowest BCUT2D eigenvalue weighted by molar-refractivity contribution is 0.644. The van der Waals surface area contributed by atoms with Gasteiger partial charge in [-0.1, -0.05) is 109 Å². The lowest BCUT2D eigenvalue weighted by Gasteiger charge is -2.42. The van der Waals surface area contributed by atoms with Crippen LogP contribution in [0.3, 0.4) is 0 Å². The Kier molecular flexibility index (Phi) is 4.18. The van der Waals surface area contributed by atoms with E-state index in [9.17, 15) is 0 Å². The third kappa shape index (κ3) is 2.75. The van der Waals surface area contributed by atoms with Crippen molar-refractivity contribution in [3.05, 3.63) is 156 Å². The summed E-state index contributed by atoms with van der Waals surface area (Å²) < 4.78 is 6.68. The molecule has 0 saturated carbocycles. The number of nitrogens with one attached hydrogen (secondary N) is 1. The molecule has 0 fully saturated rings. The Labute approximate surface area is 214 Å². The van der Waals surface area contributed by atoms with Crippen LogP contribution < -0.4 is 5.32 Å². The second kappa shape index (κ2) is 7.59. The molecule has 0 atom stereocenters. The van der Waals surface area contributed by atoms with E-state index in [0.29, 0.717) is 0 Å². The zero-order valence-corrected chi connectivity index (χ0v) is 20.1. The fourth-order valence-electron chi connectivity index (χ4n) is 6.35.